The third-order valence-corrected chi connectivity index (χ3v) is 2.88. The number of halogens is 2. The number of aryl methyl sites for hydroxylation is 1. The number of aromatic nitrogens is 1. The van der Waals surface area contributed by atoms with Crippen LogP contribution in [0.5, 0.6) is 0 Å². The van der Waals surface area contributed by atoms with Crippen molar-refractivity contribution >= 4 is 10.9 Å². The molecule has 2 aromatic rings. The van der Waals surface area contributed by atoms with Crippen LogP contribution in [-0.4, -0.2) is 4.98 Å². The molecule has 0 spiro atoms. The van der Waals surface area contributed by atoms with E-state index >= 15 is 0 Å². The Balaban J connectivity index is 2.96. The van der Waals surface area contributed by atoms with E-state index in [1.54, 1.807) is 6.92 Å². The van der Waals surface area contributed by atoms with Gasteiger partial charge in [0.15, 0.2) is 17.1 Å². The number of H-pyrrole nitrogens is 1. The van der Waals surface area contributed by atoms with Crippen molar-refractivity contribution in [3.8, 4) is 0 Å². The van der Waals surface area contributed by atoms with Gasteiger partial charge in [0.25, 0.3) is 0 Å². The number of fused-ring (bicyclic) bond motifs is 1. The Morgan fingerprint density at radius 3 is 2.47 bits per heavy atom. The zero-order chi connectivity index (χ0) is 12.7. The summed E-state index contributed by atoms with van der Waals surface area (Å²) in [5, 5.41) is 0.193. The fraction of sp³-hybridized carbons (Fsp3) is 0.308. The minimum absolute atomic E-state index is 0.0382. The van der Waals surface area contributed by atoms with Gasteiger partial charge >= 0.3 is 0 Å². The van der Waals surface area contributed by atoms with Crippen molar-refractivity contribution in [3.63, 3.8) is 0 Å². The number of nitrogens with one attached hydrogen (secondary N) is 1. The number of hydrogen-bond donors (Lipinski definition) is 1. The second-order valence-corrected chi connectivity index (χ2v) is 4.43. The van der Waals surface area contributed by atoms with E-state index in [9.17, 15) is 13.6 Å². The van der Waals surface area contributed by atoms with E-state index in [2.05, 4.69) is 4.98 Å². The molecule has 0 aliphatic rings. The summed E-state index contributed by atoms with van der Waals surface area (Å²) in [5.41, 5.74) is 0.910. The summed E-state index contributed by atoms with van der Waals surface area (Å²) < 4.78 is 26.6. The van der Waals surface area contributed by atoms with Gasteiger partial charge in [-0.15, -0.1) is 0 Å². The van der Waals surface area contributed by atoms with Crippen molar-refractivity contribution in [1.82, 2.24) is 4.98 Å². The minimum Gasteiger partial charge on any atom is -0.356 e. The van der Waals surface area contributed by atoms with Crippen LogP contribution in [0, 0.1) is 18.6 Å². The van der Waals surface area contributed by atoms with Gasteiger partial charge in [-0.3, -0.25) is 4.79 Å². The standard InChI is InChI=1S/C13H13F2NO/c1-6(2)10-7(3)16-12-8(13(10)17)4-5-9(14)11(12)15/h4-6H,1-3H3,(H,16,17). The highest BCUT2D eigenvalue weighted by Gasteiger charge is 2.16. The lowest BCUT2D eigenvalue weighted by atomic mass is 9.99. The molecule has 0 saturated heterocycles. The van der Waals surface area contributed by atoms with Gasteiger partial charge in [0, 0.05) is 16.6 Å². The maximum absolute atomic E-state index is 13.5. The quantitative estimate of drug-likeness (QED) is 0.811. The predicted molar refractivity (Wildman–Crippen MR) is 63.3 cm³/mol. The molecule has 0 unspecified atom stereocenters. The Hall–Kier alpha value is -1.71. The number of rotatable bonds is 1. The predicted octanol–water partition coefficient (Wildman–Crippen LogP) is 3.24. The van der Waals surface area contributed by atoms with Crippen LogP contribution in [0.1, 0.15) is 31.0 Å². The van der Waals surface area contributed by atoms with E-state index < -0.39 is 11.6 Å². The average molecular weight is 237 g/mol. The second-order valence-electron chi connectivity index (χ2n) is 4.43. The van der Waals surface area contributed by atoms with Crippen LogP contribution in [-0.2, 0) is 0 Å². The molecular weight excluding hydrogens is 224 g/mol. The molecule has 1 aromatic carbocycles. The van der Waals surface area contributed by atoms with Gasteiger partial charge in [-0.1, -0.05) is 13.8 Å². The van der Waals surface area contributed by atoms with Gasteiger partial charge in [-0.25, -0.2) is 8.78 Å². The number of benzene rings is 1. The van der Waals surface area contributed by atoms with Crippen LogP contribution in [0.2, 0.25) is 0 Å². The monoisotopic (exact) mass is 237 g/mol. The Bertz CT molecular complexity index is 644. The van der Waals surface area contributed by atoms with Gasteiger partial charge in [-0.05, 0) is 25.0 Å². The minimum atomic E-state index is -1.00. The Morgan fingerprint density at radius 2 is 1.88 bits per heavy atom. The van der Waals surface area contributed by atoms with Crippen molar-refractivity contribution in [2.75, 3.05) is 0 Å². The molecule has 1 N–H and O–H groups in total. The molecule has 4 heteroatoms. The first kappa shape index (κ1) is 11.8. The normalized spacial score (nSPS) is 11.4. The Kier molecular flexibility index (Phi) is 2.73. The summed E-state index contributed by atoms with van der Waals surface area (Å²) in [4.78, 5) is 14.9. The van der Waals surface area contributed by atoms with Crippen LogP contribution in [0.15, 0.2) is 16.9 Å². The average Bonchev–Trinajstić information content (AvgIpc) is 2.23. The van der Waals surface area contributed by atoms with Gasteiger partial charge in [0.05, 0.1) is 5.52 Å². The van der Waals surface area contributed by atoms with Crippen LogP contribution < -0.4 is 5.43 Å². The molecule has 0 amide bonds. The topological polar surface area (TPSA) is 32.9 Å². The molecule has 0 bridgehead atoms. The molecule has 90 valence electrons. The molecule has 0 aliphatic heterocycles. The summed E-state index contributed by atoms with van der Waals surface area (Å²) in [6.07, 6.45) is 0. The number of pyridine rings is 1. The molecular formula is C13H13F2NO. The molecule has 0 aliphatic carbocycles. The number of hydrogen-bond acceptors (Lipinski definition) is 1. The smallest absolute Gasteiger partial charge is 0.193 e. The Morgan fingerprint density at radius 1 is 1.24 bits per heavy atom. The third kappa shape index (κ3) is 1.73. The molecule has 0 atom stereocenters. The summed E-state index contributed by atoms with van der Waals surface area (Å²) in [5.74, 6) is -1.92. The molecule has 0 saturated carbocycles. The summed E-state index contributed by atoms with van der Waals surface area (Å²) in [6.45, 7) is 5.48. The van der Waals surface area contributed by atoms with E-state index in [-0.39, 0.29) is 22.2 Å². The van der Waals surface area contributed by atoms with Crippen molar-refractivity contribution in [2.24, 2.45) is 0 Å². The number of aromatic amines is 1. The summed E-state index contributed by atoms with van der Waals surface area (Å²) in [7, 11) is 0. The van der Waals surface area contributed by atoms with Gasteiger partial charge in [0.2, 0.25) is 0 Å². The maximum atomic E-state index is 13.5. The molecule has 0 radical (unpaired) electrons. The van der Waals surface area contributed by atoms with E-state index in [1.165, 1.54) is 6.07 Å². The highest BCUT2D eigenvalue weighted by atomic mass is 19.2. The lowest BCUT2D eigenvalue weighted by Crippen LogP contribution is -2.15. The van der Waals surface area contributed by atoms with Gasteiger partial charge in [-0.2, -0.15) is 0 Å². The third-order valence-electron chi connectivity index (χ3n) is 2.88. The first-order valence-electron chi connectivity index (χ1n) is 5.44. The maximum Gasteiger partial charge on any atom is 0.193 e. The van der Waals surface area contributed by atoms with E-state index in [0.29, 0.717) is 11.3 Å². The van der Waals surface area contributed by atoms with Crippen LogP contribution in [0.3, 0.4) is 0 Å². The summed E-state index contributed by atoms with van der Waals surface area (Å²) >= 11 is 0. The van der Waals surface area contributed by atoms with Crippen molar-refractivity contribution in [3.05, 3.63) is 45.2 Å². The zero-order valence-electron chi connectivity index (χ0n) is 9.90. The van der Waals surface area contributed by atoms with Crippen LogP contribution >= 0.6 is 0 Å². The highest BCUT2D eigenvalue weighted by molar-refractivity contribution is 5.80. The van der Waals surface area contributed by atoms with Gasteiger partial charge in [0.1, 0.15) is 0 Å². The summed E-state index contributed by atoms with van der Waals surface area (Å²) in [6, 6.07) is 2.30. The molecule has 2 rings (SSSR count). The first-order chi connectivity index (χ1) is 7.93. The molecule has 1 aromatic heterocycles. The van der Waals surface area contributed by atoms with Crippen LogP contribution in [0.4, 0.5) is 8.78 Å². The van der Waals surface area contributed by atoms with E-state index in [1.807, 2.05) is 13.8 Å². The van der Waals surface area contributed by atoms with Crippen LogP contribution in [0.25, 0.3) is 10.9 Å². The van der Waals surface area contributed by atoms with Crippen molar-refractivity contribution < 1.29 is 8.78 Å². The fourth-order valence-electron chi connectivity index (χ4n) is 2.13. The van der Waals surface area contributed by atoms with Gasteiger partial charge < -0.3 is 4.98 Å². The van der Waals surface area contributed by atoms with Crippen molar-refractivity contribution in [1.29, 1.82) is 0 Å². The highest BCUT2D eigenvalue weighted by Crippen LogP contribution is 2.21. The van der Waals surface area contributed by atoms with Crippen molar-refractivity contribution in [2.45, 2.75) is 26.7 Å². The largest absolute Gasteiger partial charge is 0.356 e. The molecule has 2 nitrogen and oxygen atoms in total. The van der Waals surface area contributed by atoms with E-state index in [4.69, 9.17) is 0 Å². The lowest BCUT2D eigenvalue weighted by molar-refractivity contribution is 0.515. The molecule has 1 heterocycles. The lowest BCUT2D eigenvalue weighted by Gasteiger charge is -2.11. The Labute approximate surface area is 97.3 Å². The van der Waals surface area contributed by atoms with E-state index in [0.717, 1.165) is 6.07 Å². The second kappa shape index (κ2) is 3.95. The SMILES string of the molecule is Cc1[nH]c2c(F)c(F)ccc2c(=O)c1C(C)C. The zero-order valence-corrected chi connectivity index (χ0v) is 9.90. The molecule has 0 fully saturated rings. The molecule has 17 heavy (non-hydrogen) atoms. The fourth-order valence-corrected chi connectivity index (χ4v) is 2.13. The first-order valence-corrected chi connectivity index (χ1v) is 5.44.